The molecule has 0 spiro atoms. The molecule has 2 heterocycles. The standard InChI is InChI=1S/C65H46N2O2/c1-41-30-35-47(43-18-6-3-7-19-43)59(40-41)67(58-27-15-24-51-49-22-10-13-29-61(49)69-65(51)58)56-39-34-45-31-36-52-55(38-33-44-32-37-53(56)63(45)62(44)52)66(54-25-11-8-20-46(54)42-16-4-2-5-17-42)57-26-14-23-50-48-21-9-12-28-60(48)68-64(50)57/h2-29,31-34,36-41,47H,30,35H2,1H3. The smallest absolute Gasteiger partial charge is 0.159 e. The molecule has 1 aliphatic rings. The van der Waals surface area contributed by atoms with Crippen LogP contribution >= 0.6 is 0 Å². The van der Waals surface area contributed by atoms with Crippen molar-refractivity contribution < 1.29 is 8.83 Å². The van der Waals surface area contributed by atoms with Crippen LogP contribution in [-0.4, -0.2) is 0 Å². The predicted octanol–water partition coefficient (Wildman–Crippen LogP) is 18.8. The van der Waals surface area contributed by atoms with E-state index >= 15 is 0 Å². The van der Waals surface area contributed by atoms with Crippen LogP contribution < -0.4 is 9.80 Å². The van der Waals surface area contributed by atoms with Crippen molar-refractivity contribution in [1.82, 2.24) is 0 Å². The number of rotatable bonds is 8. The Bertz CT molecular complexity index is 4130. The molecule has 2 aromatic heterocycles. The summed E-state index contributed by atoms with van der Waals surface area (Å²) < 4.78 is 13.8. The first-order valence-corrected chi connectivity index (χ1v) is 24.2. The van der Waals surface area contributed by atoms with Gasteiger partial charge in [-0.15, -0.1) is 0 Å². The third-order valence-corrected chi connectivity index (χ3v) is 14.8. The number of anilines is 5. The molecule has 328 valence electrons. The number of hydrogen-bond acceptors (Lipinski definition) is 4. The Morgan fingerprint density at radius 2 is 0.870 bits per heavy atom. The van der Waals surface area contributed by atoms with E-state index in [2.05, 4.69) is 235 Å². The first-order valence-electron chi connectivity index (χ1n) is 24.2. The number of benzene rings is 11. The van der Waals surface area contributed by atoms with E-state index < -0.39 is 0 Å². The number of allylic oxidation sites excluding steroid dienone is 2. The van der Waals surface area contributed by atoms with Gasteiger partial charge >= 0.3 is 0 Å². The summed E-state index contributed by atoms with van der Waals surface area (Å²) in [5, 5.41) is 11.7. The lowest BCUT2D eigenvalue weighted by Crippen LogP contribution is -2.26. The molecule has 69 heavy (non-hydrogen) atoms. The summed E-state index contributed by atoms with van der Waals surface area (Å²) in [5.74, 6) is 0.590. The summed E-state index contributed by atoms with van der Waals surface area (Å²) in [7, 11) is 0. The Morgan fingerprint density at radius 3 is 1.51 bits per heavy atom. The van der Waals surface area contributed by atoms with Gasteiger partial charge in [-0.2, -0.15) is 0 Å². The summed E-state index contributed by atoms with van der Waals surface area (Å²) in [4.78, 5) is 4.99. The van der Waals surface area contributed by atoms with Gasteiger partial charge in [0.25, 0.3) is 0 Å². The fourth-order valence-electron chi connectivity index (χ4n) is 11.6. The van der Waals surface area contributed by atoms with Gasteiger partial charge in [0.05, 0.1) is 28.4 Å². The average Bonchev–Trinajstić information content (AvgIpc) is 3.99. The summed E-state index contributed by atoms with van der Waals surface area (Å²) >= 11 is 0. The van der Waals surface area contributed by atoms with E-state index in [4.69, 9.17) is 8.83 Å². The van der Waals surface area contributed by atoms with Gasteiger partial charge in [-0.25, -0.2) is 0 Å². The zero-order valence-electron chi connectivity index (χ0n) is 38.1. The Hall–Kier alpha value is -8.60. The minimum absolute atomic E-state index is 0.186. The molecule has 14 rings (SSSR count). The van der Waals surface area contributed by atoms with E-state index in [0.717, 1.165) is 102 Å². The lowest BCUT2D eigenvalue weighted by Gasteiger charge is -2.37. The number of para-hydroxylation sites is 5. The van der Waals surface area contributed by atoms with E-state index in [0.29, 0.717) is 5.92 Å². The average molecular weight is 887 g/mol. The normalized spacial score (nSPS) is 15.3. The lowest BCUT2D eigenvalue weighted by atomic mass is 9.81. The molecule has 0 saturated heterocycles. The van der Waals surface area contributed by atoms with Gasteiger partial charge in [-0.1, -0.05) is 189 Å². The van der Waals surface area contributed by atoms with E-state index in [-0.39, 0.29) is 5.92 Å². The van der Waals surface area contributed by atoms with Crippen LogP contribution in [0.15, 0.2) is 239 Å². The van der Waals surface area contributed by atoms with Gasteiger partial charge in [0.15, 0.2) is 11.2 Å². The topological polar surface area (TPSA) is 32.8 Å². The molecule has 0 saturated carbocycles. The van der Waals surface area contributed by atoms with Crippen molar-refractivity contribution >= 4 is 105 Å². The van der Waals surface area contributed by atoms with Crippen molar-refractivity contribution in [3.8, 4) is 11.1 Å². The fraction of sp³-hybridized carbons (Fsp3) is 0.0769. The highest BCUT2D eigenvalue weighted by molar-refractivity contribution is 6.28. The van der Waals surface area contributed by atoms with E-state index in [1.807, 2.05) is 6.07 Å². The molecule has 0 aliphatic heterocycles. The second-order valence-corrected chi connectivity index (χ2v) is 18.8. The molecular formula is C65H46N2O2. The molecule has 0 radical (unpaired) electrons. The maximum absolute atomic E-state index is 6.91. The second kappa shape index (κ2) is 15.8. The van der Waals surface area contributed by atoms with Crippen LogP contribution in [0.2, 0.25) is 0 Å². The van der Waals surface area contributed by atoms with Crippen molar-refractivity contribution in [1.29, 1.82) is 0 Å². The number of hydrogen-bond donors (Lipinski definition) is 0. The molecular weight excluding hydrogens is 841 g/mol. The van der Waals surface area contributed by atoms with Crippen LogP contribution in [0.4, 0.5) is 28.4 Å². The van der Waals surface area contributed by atoms with E-state index in [1.165, 1.54) is 38.2 Å². The summed E-state index contributed by atoms with van der Waals surface area (Å²) in [5.41, 5.74) is 13.7. The SMILES string of the molecule is CC1C=C(N(c2ccc3ccc4c(N(c5ccccc5-c5ccccc5)c5cccc6c5oc5ccccc56)ccc5ccc2c3c54)c2cccc3c2oc2ccccc23)C(c2ccccc2)CC1. The molecule has 0 bridgehead atoms. The number of fused-ring (bicyclic) bond motifs is 6. The molecule has 11 aromatic carbocycles. The number of furan rings is 2. The van der Waals surface area contributed by atoms with Gasteiger partial charge in [0.2, 0.25) is 0 Å². The maximum Gasteiger partial charge on any atom is 0.159 e. The quantitative estimate of drug-likeness (QED) is 0.142. The minimum atomic E-state index is 0.186. The van der Waals surface area contributed by atoms with Crippen LogP contribution in [0.25, 0.3) is 87.3 Å². The highest BCUT2D eigenvalue weighted by Crippen LogP contribution is 2.52. The Labute approximate surface area is 399 Å². The fourth-order valence-corrected chi connectivity index (χ4v) is 11.6. The van der Waals surface area contributed by atoms with E-state index in [9.17, 15) is 0 Å². The molecule has 2 atom stereocenters. The zero-order valence-corrected chi connectivity index (χ0v) is 38.1. The van der Waals surface area contributed by atoms with Crippen molar-refractivity contribution in [3.05, 3.63) is 236 Å². The van der Waals surface area contributed by atoms with Crippen molar-refractivity contribution in [2.75, 3.05) is 9.80 Å². The van der Waals surface area contributed by atoms with Crippen LogP contribution in [-0.2, 0) is 0 Å². The van der Waals surface area contributed by atoms with Gasteiger partial charge in [0, 0.05) is 49.5 Å². The maximum atomic E-state index is 6.91. The van der Waals surface area contributed by atoms with E-state index in [1.54, 1.807) is 0 Å². The first kappa shape index (κ1) is 39.6. The lowest BCUT2D eigenvalue weighted by molar-refractivity contribution is 0.520. The third kappa shape index (κ3) is 6.22. The monoisotopic (exact) mass is 886 g/mol. The van der Waals surface area contributed by atoms with Crippen LogP contribution in [0.5, 0.6) is 0 Å². The highest BCUT2D eigenvalue weighted by Gasteiger charge is 2.32. The summed E-state index contributed by atoms with van der Waals surface area (Å²) in [6, 6.07) is 79.2. The van der Waals surface area contributed by atoms with Crippen molar-refractivity contribution in [3.63, 3.8) is 0 Å². The molecule has 0 N–H and O–H groups in total. The summed E-state index contributed by atoms with van der Waals surface area (Å²) in [6.45, 7) is 2.36. The number of nitrogens with zero attached hydrogens (tertiary/aromatic N) is 2. The van der Waals surface area contributed by atoms with Crippen LogP contribution in [0, 0.1) is 5.92 Å². The van der Waals surface area contributed by atoms with Gasteiger partial charge in [-0.3, -0.25) is 0 Å². The molecule has 2 unspecified atom stereocenters. The third-order valence-electron chi connectivity index (χ3n) is 14.8. The molecule has 0 amide bonds. The zero-order chi connectivity index (χ0) is 45.6. The van der Waals surface area contributed by atoms with Crippen LogP contribution in [0.1, 0.15) is 31.2 Å². The van der Waals surface area contributed by atoms with Crippen molar-refractivity contribution in [2.45, 2.75) is 25.7 Å². The molecule has 0 fully saturated rings. The minimum Gasteiger partial charge on any atom is -0.454 e. The molecule has 1 aliphatic carbocycles. The first-order chi connectivity index (χ1) is 34.2. The largest absolute Gasteiger partial charge is 0.454 e. The predicted molar refractivity (Wildman–Crippen MR) is 289 cm³/mol. The van der Waals surface area contributed by atoms with Crippen LogP contribution in [0.3, 0.4) is 0 Å². The van der Waals surface area contributed by atoms with Gasteiger partial charge < -0.3 is 18.6 Å². The molecule has 4 heteroatoms. The Kier molecular flexibility index (Phi) is 9.03. The van der Waals surface area contributed by atoms with Gasteiger partial charge in [0.1, 0.15) is 11.2 Å². The summed E-state index contributed by atoms with van der Waals surface area (Å²) in [6.07, 6.45) is 4.70. The highest BCUT2D eigenvalue weighted by atomic mass is 16.3. The molecule has 4 nitrogen and oxygen atoms in total. The Morgan fingerprint density at radius 1 is 0.377 bits per heavy atom. The van der Waals surface area contributed by atoms with Gasteiger partial charge in [-0.05, 0) is 93.9 Å². The molecule has 13 aromatic rings. The van der Waals surface area contributed by atoms with Crippen molar-refractivity contribution in [2.24, 2.45) is 5.92 Å². The Balaban J connectivity index is 1.05. The second-order valence-electron chi connectivity index (χ2n) is 18.8.